The van der Waals surface area contributed by atoms with Crippen LogP contribution in [0.15, 0.2) is 30.5 Å². The van der Waals surface area contributed by atoms with Gasteiger partial charge < -0.3 is 35.5 Å². The number of nitrogens with one attached hydrogen (secondary N) is 2. The van der Waals surface area contributed by atoms with Gasteiger partial charge in [-0.3, -0.25) is 9.59 Å². The number of rotatable bonds is 9. The molecular formula is C30H48ClN7O3. The first-order chi connectivity index (χ1) is 19.5. The first-order valence-corrected chi connectivity index (χ1v) is 15.1. The van der Waals surface area contributed by atoms with Crippen LogP contribution in [-0.2, 0) is 22.7 Å². The predicted octanol–water partition coefficient (Wildman–Crippen LogP) is 3.74. The number of nitrogens with zero attached hydrogens (tertiary/aromatic N) is 4. The first kappa shape index (κ1) is 33.0. The Morgan fingerprint density at radius 1 is 1.00 bits per heavy atom. The van der Waals surface area contributed by atoms with Crippen LogP contribution in [0.2, 0.25) is 5.02 Å². The lowest BCUT2D eigenvalue weighted by Crippen LogP contribution is -2.46. The molecule has 4 N–H and O–H groups in total. The van der Waals surface area contributed by atoms with E-state index in [1.807, 2.05) is 0 Å². The number of likely N-dealkylation sites (tertiary alicyclic amines) is 2. The Kier molecular flexibility index (Phi) is 13.1. The average molecular weight is 590 g/mol. The second-order valence-corrected chi connectivity index (χ2v) is 11.9. The van der Waals surface area contributed by atoms with E-state index in [9.17, 15) is 9.59 Å². The molecule has 0 aliphatic carbocycles. The quantitative estimate of drug-likeness (QED) is 0.408. The van der Waals surface area contributed by atoms with E-state index >= 15 is 0 Å². The molecule has 11 heteroatoms. The molecule has 2 amide bonds. The summed E-state index contributed by atoms with van der Waals surface area (Å²) in [5.41, 5.74) is 6.71. The molecule has 2 aliphatic heterocycles. The van der Waals surface area contributed by atoms with Gasteiger partial charge in [0, 0.05) is 61.3 Å². The van der Waals surface area contributed by atoms with E-state index < -0.39 is 0 Å². The zero-order chi connectivity index (χ0) is 29.9. The number of methoxy groups -OCH3 is 1. The predicted molar refractivity (Wildman–Crippen MR) is 164 cm³/mol. The Balaban J connectivity index is 0.000000389. The van der Waals surface area contributed by atoms with Crippen LogP contribution in [0.1, 0.15) is 69.7 Å². The molecule has 4 rings (SSSR count). The fourth-order valence-corrected chi connectivity index (χ4v) is 5.21. The van der Waals surface area contributed by atoms with Crippen LogP contribution in [0.25, 0.3) is 0 Å². The van der Waals surface area contributed by atoms with Crippen molar-refractivity contribution in [3.05, 3.63) is 47.0 Å². The Morgan fingerprint density at radius 2 is 1.56 bits per heavy atom. The Labute approximate surface area is 249 Å². The molecule has 1 aromatic carbocycles. The van der Waals surface area contributed by atoms with Crippen molar-refractivity contribution < 1.29 is 14.3 Å². The smallest absolute Gasteiger partial charge is 0.271 e. The summed E-state index contributed by atoms with van der Waals surface area (Å²) in [7, 11) is 1.55. The number of ether oxygens (including phenoxy) is 1. The topological polar surface area (TPSA) is 118 Å². The van der Waals surface area contributed by atoms with Gasteiger partial charge in [0.25, 0.3) is 5.91 Å². The molecule has 2 aromatic rings. The number of hydrogen-bond acceptors (Lipinski definition) is 7. The Hall–Kier alpha value is -2.50. The molecule has 41 heavy (non-hydrogen) atoms. The summed E-state index contributed by atoms with van der Waals surface area (Å²) in [6.45, 7) is 13.4. The monoisotopic (exact) mass is 589 g/mol. The van der Waals surface area contributed by atoms with Crippen LogP contribution < -0.4 is 16.4 Å². The van der Waals surface area contributed by atoms with Crippen LogP contribution >= 0.6 is 11.6 Å². The van der Waals surface area contributed by atoms with Gasteiger partial charge in [0.15, 0.2) is 0 Å². The van der Waals surface area contributed by atoms with Crippen molar-refractivity contribution in [1.82, 2.24) is 24.7 Å². The number of aromatic nitrogens is 2. The number of anilines is 1. The molecule has 228 valence electrons. The summed E-state index contributed by atoms with van der Waals surface area (Å²) in [6, 6.07) is 8.69. The van der Waals surface area contributed by atoms with Gasteiger partial charge in [-0.05, 0) is 90.7 Å². The Bertz CT molecular complexity index is 1090. The summed E-state index contributed by atoms with van der Waals surface area (Å²) in [5, 5.41) is 6.49. The lowest BCUT2D eigenvalue weighted by Gasteiger charge is -2.34. The molecule has 0 bridgehead atoms. The molecule has 3 heterocycles. The largest absolute Gasteiger partial charge is 0.377 e. The van der Waals surface area contributed by atoms with Gasteiger partial charge in [0.05, 0.1) is 0 Å². The van der Waals surface area contributed by atoms with Gasteiger partial charge in [0.2, 0.25) is 5.91 Å². The van der Waals surface area contributed by atoms with E-state index in [1.54, 1.807) is 42.1 Å². The highest BCUT2D eigenvalue weighted by atomic mass is 35.5. The molecule has 2 aliphatic rings. The first-order valence-electron chi connectivity index (χ1n) is 14.7. The van der Waals surface area contributed by atoms with Crippen LogP contribution in [0, 0.1) is 0 Å². The zero-order valence-corrected chi connectivity index (χ0v) is 26.0. The summed E-state index contributed by atoms with van der Waals surface area (Å²) in [5.74, 6) is 0.0656. The lowest BCUT2D eigenvalue weighted by molar-refractivity contribution is -0.116. The van der Waals surface area contributed by atoms with Gasteiger partial charge in [-0.15, -0.1) is 0 Å². The zero-order valence-electron chi connectivity index (χ0n) is 25.2. The SMILES string of the molecule is CC(C)N1CCC(N)CC1.COCc1nc(C(=O)NC2CCN(C(C)C)CC2)cn1CC(=O)Nc1ccc(Cl)cc1. The third kappa shape index (κ3) is 10.7. The van der Waals surface area contributed by atoms with Gasteiger partial charge in [-0.25, -0.2) is 4.98 Å². The maximum Gasteiger partial charge on any atom is 0.271 e. The molecule has 0 radical (unpaired) electrons. The van der Waals surface area contributed by atoms with Crippen LogP contribution in [0.4, 0.5) is 5.69 Å². The standard InChI is InChI=1S/C22H30ClN5O3.C8H18N2/c1-15(2)27-10-8-18(9-11-27)25-22(30)19-12-28(20(26-19)14-31-3)13-21(29)24-17-6-4-16(23)5-7-17;1-7(2)10-5-3-8(9)4-6-10/h4-7,12,15,18H,8-11,13-14H2,1-3H3,(H,24,29)(H,25,30);7-8H,3-6,9H2,1-2H3. The van der Waals surface area contributed by atoms with Crippen molar-refractivity contribution in [2.75, 3.05) is 38.6 Å². The Morgan fingerprint density at radius 3 is 2.10 bits per heavy atom. The number of carbonyl (C=O) groups excluding carboxylic acids is 2. The highest BCUT2D eigenvalue weighted by Gasteiger charge is 2.24. The number of amides is 2. The maximum absolute atomic E-state index is 12.8. The van der Waals surface area contributed by atoms with E-state index in [1.165, 1.54) is 25.9 Å². The number of halogens is 1. The number of carbonyl (C=O) groups is 2. The molecule has 0 saturated carbocycles. The van der Waals surface area contributed by atoms with E-state index in [-0.39, 0.29) is 36.7 Å². The van der Waals surface area contributed by atoms with Crippen molar-refractivity contribution in [1.29, 1.82) is 0 Å². The minimum atomic E-state index is -0.231. The molecule has 0 unspecified atom stereocenters. The number of benzene rings is 1. The van der Waals surface area contributed by atoms with Crippen LogP contribution in [0.3, 0.4) is 0 Å². The molecule has 0 atom stereocenters. The molecule has 10 nitrogen and oxygen atoms in total. The summed E-state index contributed by atoms with van der Waals surface area (Å²) < 4.78 is 6.84. The summed E-state index contributed by atoms with van der Waals surface area (Å²) in [4.78, 5) is 34.5. The lowest BCUT2D eigenvalue weighted by atomic mass is 10.0. The number of hydrogen-bond donors (Lipinski definition) is 3. The van der Waals surface area contributed by atoms with E-state index in [0.717, 1.165) is 25.9 Å². The molecule has 1 aromatic heterocycles. The van der Waals surface area contributed by atoms with Crippen molar-refractivity contribution in [2.24, 2.45) is 5.73 Å². The highest BCUT2D eigenvalue weighted by Crippen LogP contribution is 2.16. The van der Waals surface area contributed by atoms with Gasteiger partial charge in [0.1, 0.15) is 24.7 Å². The fraction of sp³-hybridized carbons (Fsp3) is 0.633. The highest BCUT2D eigenvalue weighted by molar-refractivity contribution is 6.30. The van der Waals surface area contributed by atoms with E-state index in [0.29, 0.717) is 34.7 Å². The minimum absolute atomic E-state index is 0.0222. The second-order valence-electron chi connectivity index (χ2n) is 11.5. The molecule has 2 fully saturated rings. The minimum Gasteiger partial charge on any atom is -0.377 e. The molecular weight excluding hydrogens is 542 g/mol. The maximum atomic E-state index is 12.8. The number of imidazole rings is 1. The summed E-state index contributed by atoms with van der Waals surface area (Å²) >= 11 is 5.88. The van der Waals surface area contributed by atoms with Crippen molar-refractivity contribution >= 4 is 29.1 Å². The van der Waals surface area contributed by atoms with E-state index in [2.05, 4.69) is 53.1 Å². The normalized spacial score (nSPS) is 17.4. The molecule has 2 saturated heterocycles. The average Bonchev–Trinajstić information content (AvgIpc) is 3.33. The number of piperidine rings is 2. The van der Waals surface area contributed by atoms with Crippen molar-refractivity contribution in [2.45, 2.75) is 90.7 Å². The van der Waals surface area contributed by atoms with E-state index in [4.69, 9.17) is 22.1 Å². The van der Waals surface area contributed by atoms with Crippen molar-refractivity contribution in [3.8, 4) is 0 Å². The fourth-order valence-electron chi connectivity index (χ4n) is 5.09. The number of nitrogens with two attached hydrogens (primary N) is 1. The van der Waals surface area contributed by atoms with Gasteiger partial charge in [-0.1, -0.05) is 11.6 Å². The third-order valence-electron chi connectivity index (χ3n) is 7.71. The second kappa shape index (κ2) is 16.2. The van der Waals surface area contributed by atoms with Crippen molar-refractivity contribution in [3.63, 3.8) is 0 Å². The molecule has 0 spiro atoms. The third-order valence-corrected chi connectivity index (χ3v) is 7.96. The van der Waals surface area contributed by atoms with Crippen LogP contribution in [-0.4, -0.2) is 88.6 Å². The van der Waals surface area contributed by atoms with Crippen LogP contribution in [0.5, 0.6) is 0 Å². The van der Waals surface area contributed by atoms with Gasteiger partial charge >= 0.3 is 0 Å². The summed E-state index contributed by atoms with van der Waals surface area (Å²) in [6.07, 6.45) is 5.79. The van der Waals surface area contributed by atoms with Gasteiger partial charge in [-0.2, -0.15) is 0 Å².